The summed E-state index contributed by atoms with van der Waals surface area (Å²) in [7, 11) is 0. The van der Waals surface area contributed by atoms with E-state index in [1.54, 1.807) is 6.20 Å². The number of hydrogen-bond donors (Lipinski definition) is 0. The van der Waals surface area contributed by atoms with Gasteiger partial charge in [-0.05, 0) is 25.0 Å². The fourth-order valence-electron chi connectivity index (χ4n) is 2.23. The summed E-state index contributed by atoms with van der Waals surface area (Å²) in [4.78, 5) is 18.7. The molecule has 0 bridgehead atoms. The number of carbonyl (C=O) groups is 1. The van der Waals surface area contributed by atoms with Crippen LogP contribution in [0.4, 0.5) is 0 Å². The van der Waals surface area contributed by atoms with E-state index >= 15 is 0 Å². The predicted molar refractivity (Wildman–Crippen MR) is 78.2 cm³/mol. The molecule has 1 amide bonds. The average Bonchev–Trinajstić information content (AvgIpc) is 2.46. The van der Waals surface area contributed by atoms with E-state index < -0.39 is 0 Å². The fourth-order valence-corrected chi connectivity index (χ4v) is 2.23. The van der Waals surface area contributed by atoms with E-state index in [4.69, 9.17) is 0 Å². The van der Waals surface area contributed by atoms with Gasteiger partial charge in [0, 0.05) is 24.7 Å². The van der Waals surface area contributed by atoms with Crippen molar-refractivity contribution in [2.45, 2.75) is 26.7 Å². The second-order valence-electron chi connectivity index (χ2n) is 4.71. The van der Waals surface area contributed by atoms with Crippen LogP contribution in [-0.4, -0.2) is 28.9 Å². The number of benzene rings is 1. The van der Waals surface area contributed by atoms with Crippen molar-refractivity contribution < 1.29 is 4.79 Å². The first-order valence-electron chi connectivity index (χ1n) is 6.90. The summed E-state index contributed by atoms with van der Waals surface area (Å²) in [5.74, 6) is 0.0851. The Balaban J connectivity index is 2.29. The number of rotatable bonds is 5. The maximum atomic E-state index is 12.5. The van der Waals surface area contributed by atoms with Crippen molar-refractivity contribution in [2.24, 2.45) is 0 Å². The molecule has 0 unspecified atom stereocenters. The van der Waals surface area contributed by atoms with Gasteiger partial charge in [0.1, 0.15) is 0 Å². The van der Waals surface area contributed by atoms with Crippen molar-refractivity contribution in [1.29, 1.82) is 0 Å². The summed E-state index contributed by atoms with van der Waals surface area (Å²) in [5.41, 5.74) is 1.61. The lowest BCUT2D eigenvalue weighted by molar-refractivity contribution is 0.0755. The number of pyridine rings is 1. The van der Waals surface area contributed by atoms with E-state index in [-0.39, 0.29) is 5.91 Å². The monoisotopic (exact) mass is 256 g/mol. The fraction of sp³-hybridized carbons (Fsp3) is 0.375. The van der Waals surface area contributed by atoms with Crippen LogP contribution in [0, 0.1) is 0 Å². The molecule has 2 rings (SSSR count). The average molecular weight is 256 g/mol. The highest BCUT2D eigenvalue weighted by Gasteiger charge is 2.14. The van der Waals surface area contributed by atoms with Crippen molar-refractivity contribution in [3.8, 4) is 0 Å². The van der Waals surface area contributed by atoms with Crippen LogP contribution in [0.2, 0.25) is 0 Å². The Bertz CT molecular complexity index is 559. The lowest BCUT2D eigenvalue weighted by atomic mass is 10.1. The molecule has 3 nitrogen and oxygen atoms in total. The molecule has 0 N–H and O–H groups in total. The number of fused-ring (bicyclic) bond motifs is 1. The summed E-state index contributed by atoms with van der Waals surface area (Å²) in [6, 6.07) is 9.80. The molecule has 2 aromatic rings. The van der Waals surface area contributed by atoms with Gasteiger partial charge in [0.15, 0.2) is 0 Å². The van der Waals surface area contributed by atoms with Crippen LogP contribution < -0.4 is 0 Å². The van der Waals surface area contributed by atoms with Crippen LogP contribution in [-0.2, 0) is 0 Å². The third-order valence-electron chi connectivity index (χ3n) is 3.11. The Hall–Kier alpha value is -1.90. The molecule has 1 aromatic carbocycles. The minimum absolute atomic E-state index is 0.0851. The highest BCUT2D eigenvalue weighted by molar-refractivity contribution is 5.97. The molecule has 1 aromatic heterocycles. The van der Waals surface area contributed by atoms with Gasteiger partial charge < -0.3 is 4.90 Å². The Morgan fingerprint density at radius 3 is 2.53 bits per heavy atom. The number of aromatic nitrogens is 1. The summed E-state index contributed by atoms with van der Waals surface area (Å²) in [5, 5.41) is 1.02. The second-order valence-corrected chi connectivity index (χ2v) is 4.71. The lowest BCUT2D eigenvalue weighted by Gasteiger charge is -2.21. The van der Waals surface area contributed by atoms with Gasteiger partial charge in [-0.2, -0.15) is 0 Å². The molecule has 0 aliphatic carbocycles. The molecule has 0 saturated heterocycles. The van der Waals surface area contributed by atoms with Gasteiger partial charge in [-0.1, -0.05) is 32.0 Å². The summed E-state index contributed by atoms with van der Waals surface area (Å²) in [6.07, 6.45) is 3.64. The number of carbonyl (C=O) groups excluding carboxylic acids is 1. The molecular weight excluding hydrogens is 236 g/mol. The first-order chi connectivity index (χ1) is 9.26. The maximum absolute atomic E-state index is 12.5. The van der Waals surface area contributed by atoms with Gasteiger partial charge >= 0.3 is 0 Å². The molecule has 100 valence electrons. The van der Waals surface area contributed by atoms with Gasteiger partial charge in [-0.25, -0.2) is 0 Å². The van der Waals surface area contributed by atoms with Crippen molar-refractivity contribution in [1.82, 2.24) is 9.88 Å². The van der Waals surface area contributed by atoms with E-state index in [2.05, 4.69) is 18.8 Å². The minimum atomic E-state index is 0.0851. The molecule has 0 aliphatic rings. The Labute approximate surface area is 114 Å². The molecule has 0 spiro atoms. The van der Waals surface area contributed by atoms with Gasteiger partial charge in [-0.15, -0.1) is 0 Å². The zero-order valence-electron chi connectivity index (χ0n) is 11.6. The Morgan fingerprint density at radius 2 is 1.84 bits per heavy atom. The number of nitrogens with zero attached hydrogens (tertiary/aromatic N) is 2. The first kappa shape index (κ1) is 13.5. The van der Waals surface area contributed by atoms with Gasteiger partial charge in [0.25, 0.3) is 5.91 Å². The smallest absolute Gasteiger partial charge is 0.255 e. The van der Waals surface area contributed by atoms with E-state index in [1.807, 2.05) is 35.2 Å². The van der Waals surface area contributed by atoms with Crippen LogP contribution in [0.1, 0.15) is 37.0 Å². The highest BCUT2D eigenvalue weighted by Crippen LogP contribution is 2.14. The van der Waals surface area contributed by atoms with E-state index in [9.17, 15) is 4.79 Å². The molecule has 1 heterocycles. The maximum Gasteiger partial charge on any atom is 0.255 e. The highest BCUT2D eigenvalue weighted by atomic mass is 16.2. The largest absolute Gasteiger partial charge is 0.339 e. The van der Waals surface area contributed by atoms with Crippen LogP contribution in [0.15, 0.2) is 36.5 Å². The van der Waals surface area contributed by atoms with Crippen molar-refractivity contribution in [3.05, 3.63) is 42.1 Å². The minimum Gasteiger partial charge on any atom is -0.339 e. The number of para-hydroxylation sites is 1. The number of hydrogen-bond acceptors (Lipinski definition) is 2. The normalized spacial score (nSPS) is 10.6. The van der Waals surface area contributed by atoms with E-state index in [0.29, 0.717) is 5.56 Å². The molecule has 0 aliphatic heterocycles. The topological polar surface area (TPSA) is 33.2 Å². The zero-order chi connectivity index (χ0) is 13.7. The Kier molecular flexibility index (Phi) is 4.50. The predicted octanol–water partition coefficient (Wildman–Crippen LogP) is 3.50. The molecular formula is C16H20N2O. The quantitative estimate of drug-likeness (QED) is 0.820. The van der Waals surface area contributed by atoms with Crippen LogP contribution >= 0.6 is 0 Å². The van der Waals surface area contributed by atoms with E-state index in [0.717, 1.165) is 36.8 Å². The summed E-state index contributed by atoms with van der Waals surface area (Å²) >= 11 is 0. The molecule has 3 heteroatoms. The zero-order valence-corrected chi connectivity index (χ0v) is 11.6. The molecule has 19 heavy (non-hydrogen) atoms. The van der Waals surface area contributed by atoms with E-state index in [1.165, 1.54) is 0 Å². The molecule has 0 saturated carbocycles. The Morgan fingerprint density at radius 1 is 1.16 bits per heavy atom. The SMILES string of the molecule is CCCN(CCC)C(=O)c1cnc2ccccc2c1. The lowest BCUT2D eigenvalue weighted by Crippen LogP contribution is -2.32. The van der Waals surface area contributed by atoms with Crippen molar-refractivity contribution >= 4 is 16.8 Å². The molecule has 0 fully saturated rings. The first-order valence-corrected chi connectivity index (χ1v) is 6.90. The van der Waals surface area contributed by atoms with Gasteiger partial charge in [0.05, 0.1) is 11.1 Å². The number of amides is 1. The second kappa shape index (κ2) is 6.32. The summed E-state index contributed by atoms with van der Waals surface area (Å²) in [6.45, 7) is 5.79. The van der Waals surface area contributed by atoms with Crippen molar-refractivity contribution in [3.63, 3.8) is 0 Å². The molecule has 0 atom stereocenters. The van der Waals surface area contributed by atoms with Crippen molar-refractivity contribution in [2.75, 3.05) is 13.1 Å². The van der Waals surface area contributed by atoms with Gasteiger partial charge in [0.2, 0.25) is 0 Å². The van der Waals surface area contributed by atoms with Crippen LogP contribution in [0.25, 0.3) is 10.9 Å². The van der Waals surface area contributed by atoms with Gasteiger partial charge in [-0.3, -0.25) is 9.78 Å². The van der Waals surface area contributed by atoms with Crippen LogP contribution in [0.3, 0.4) is 0 Å². The molecule has 0 radical (unpaired) electrons. The standard InChI is InChI=1S/C16H20N2O/c1-3-9-18(10-4-2)16(19)14-11-13-7-5-6-8-15(13)17-12-14/h5-8,11-12H,3-4,9-10H2,1-2H3. The van der Waals surface area contributed by atoms with Crippen LogP contribution in [0.5, 0.6) is 0 Å². The third kappa shape index (κ3) is 3.11. The third-order valence-corrected chi connectivity index (χ3v) is 3.11. The summed E-state index contributed by atoms with van der Waals surface area (Å²) < 4.78 is 0.